The summed E-state index contributed by atoms with van der Waals surface area (Å²) in [4.78, 5) is 27.2. The summed E-state index contributed by atoms with van der Waals surface area (Å²) in [5.74, 6) is 0.101. The zero-order valence-electron chi connectivity index (χ0n) is 14.3. The number of nitrogens with zero attached hydrogens (tertiary/aromatic N) is 1. The van der Waals surface area contributed by atoms with Gasteiger partial charge in [-0.1, -0.05) is 18.5 Å². The summed E-state index contributed by atoms with van der Waals surface area (Å²) in [6.07, 6.45) is 2.14. The maximum Gasteiger partial charge on any atom is 0.239 e. The number of piperidine rings is 1. The molecule has 1 saturated heterocycles. The van der Waals surface area contributed by atoms with E-state index in [9.17, 15) is 9.59 Å². The highest BCUT2D eigenvalue weighted by Gasteiger charge is 2.40. The summed E-state index contributed by atoms with van der Waals surface area (Å²) in [7, 11) is 0. The topological polar surface area (TPSA) is 49.4 Å². The molecule has 0 bridgehead atoms. The van der Waals surface area contributed by atoms with Crippen molar-refractivity contribution in [3.8, 4) is 0 Å². The Balaban J connectivity index is 2.11. The molecule has 0 aromatic heterocycles. The first kappa shape index (κ1) is 17.8. The van der Waals surface area contributed by atoms with Crippen LogP contribution >= 0.6 is 11.6 Å². The quantitative estimate of drug-likeness (QED) is 0.852. The molecule has 2 rings (SSSR count). The second-order valence-corrected chi connectivity index (χ2v) is 7.47. The van der Waals surface area contributed by atoms with E-state index >= 15 is 0 Å². The lowest BCUT2D eigenvalue weighted by Gasteiger charge is -2.36. The van der Waals surface area contributed by atoms with Crippen molar-refractivity contribution in [1.29, 1.82) is 0 Å². The van der Waals surface area contributed by atoms with Crippen molar-refractivity contribution in [2.75, 3.05) is 18.4 Å². The lowest BCUT2D eigenvalue weighted by molar-refractivity contribution is -0.147. The summed E-state index contributed by atoms with van der Waals surface area (Å²) in [6.45, 7) is 8.87. The minimum atomic E-state index is -1.09. The summed E-state index contributed by atoms with van der Waals surface area (Å²) in [6, 6.07) is 5.28. The second kappa shape index (κ2) is 6.91. The van der Waals surface area contributed by atoms with Gasteiger partial charge in [-0.3, -0.25) is 9.59 Å². The van der Waals surface area contributed by atoms with E-state index in [1.54, 1.807) is 32.0 Å². The molecule has 1 heterocycles. The van der Waals surface area contributed by atoms with Gasteiger partial charge < -0.3 is 10.2 Å². The maximum absolute atomic E-state index is 12.8. The molecule has 126 valence electrons. The molecule has 1 aliphatic heterocycles. The van der Waals surface area contributed by atoms with E-state index in [2.05, 4.69) is 12.2 Å². The van der Waals surface area contributed by atoms with Crippen LogP contribution in [0.3, 0.4) is 0 Å². The van der Waals surface area contributed by atoms with Crippen LogP contribution in [0.4, 0.5) is 5.69 Å². The van der Waals surface area contributed by atoms with E-state index in [1.807, 2.05) is 11.8 Å². The van der Waals surface area contributed by atoms with Crippen LogP contribution in [0.15, 0.2) is 18.2 Å². The third-order valence-corrected chi connectivity index (χ3v) is 4.72. The number of carbonyl (C=O) groups excluding carboxylic acids is 2. The van der Waals surface area contributed by atoms with Gasteiger partial charge in [-0.05, 0) is 63.3 Å². The largest absolute Gasteiger partial charge is 0.342 e. The maximum atomic E-state index is 12.8. The van der Waals surface area contributed by atoms with Crippen molar-refractivity contribution in [1.82, 2.24) is 4.90 Å². The van der Waals surface area contributed by atoms with Gasteiger partial charge in [0.05, 0.1) is 0 Å². The van der Waals surface area contributed by atoms with Crippen molar-refractivity contribution in [2.24, 2.45) is 11.3 Å². The average molecular weight is 337 g/mol. The molecule has 1 N–H and O–H groups in total. The molecule has 1 aromatic rings. The molecular weight excluding hydrogens is 312 g/mol. The third-order valence-electron chi connectivity index (χ3n) is 4.48. The number of anilines is 1. The van der Waals surface area contributed by atoms with Gasteiger partial charge in [-0.15, -0.1) is 0 Å². The van der Waals surface area contributed by atoms with E-state index in [1.165, 1.54) is 0 Å². The van der Waals surface area contributed by atoms with E-state index < -0.39 is 5.41 Å². The number of benzene rings is 1. The predicted molar refractivity (Wildman–Crippen MR) is 93.6 cm³/mol. The standard InChI is InChI=1S/C18H25ClN2O2/c1-12-6-5-9-21(11-12)17(23)18(3,4)16(22)20-15-8-7-14(19)10-13(15)2/h7-8,10,12H,5-6,9,11H2,1-4H3,(H,20,22). The zero-order valence-corrected chi connectivity index (χ0v) is 15.0. The Kier molecular flexibility index (Phi) is 5.35. The van der Waals surface area contributed by atoms with Crippen LogP contribution in [0.1, 0.15) is 39.2 Å². The molecule has 1 atom stereocenters. The number of nitrogens with one attached hydrogen (secondary N) is 1. The van der Waals surface area contributed by atoms with Gasteiger partial charge in [-0.2, -0.15) is 0 Å². The number of aryl methyl sites for hydroxylation is 1. The number of carbonyl (C=O) groups is 2. The first-order chi connectivity index (χ1) is 10.7. The van der Waals surface area contributed by atoms with Gasteiger partial charge in [0.2, 0.25) is 11.8 Å². The van der Waals surface area contributed by atoms with E-state index in [-0.39, 0.29) is 11.8 Å². The second-order valence-electron chi connectivity index (χ2n) is 7.04. The fourth-order valence-corrected chi connectivity index (χ4v) is 3.14. The van der Waals surface area contributed by atoms with Gasteiger partial charge in [-0.25, -0.2) is 0 Å². The molecule has 23 heavy (non-hydrogen) atoms. The molecule has 1 aliphatic rings. The molecule has 0 radical (unpaired) electrons. The van der Waals surface area contributed by atoms with Gasteiger partial charge in [0.25, 0.3) is 0 Å². The van der Waals surface area contributed by atoms with Crippen molar-refractivity contribution in [2.45, 2.75) is 40.5 Å². The Morgan fingerprint density at radius 2 is 2.04 bits per heavy atom. The zero-order chi connectivity index (χ0) is 17.2. The SMILES string of the molecule is Cc1cc(Cl)ccc1NC(=O)C(C)(C)C(=O)N1CCCC(C)C1. The van der Waals surface area contributed by atoms with Crippen LogP contribution in [0.2, 0.25) is 5.02 Å². The predicted octanol–water partition coefficient (Wildman–Crippen LogP) is 3.87. The highest BCUT2D eigenvalue weighted by Crippen LogP contribution is 2.27. The van der Waals surface area contributed by atoms with E-state index in [0.717, 1.165) is 31.5 Å². The van der Waals surface area contributed by atoms with Crippen molar-refractivity contribution >= 4 is 29.1 Å². The van der Waals surface area contributed by atoms with Crippen molar-refractivity contribution in [3.63, 3.8) is 0 Å². The Morgan fingerprint density at radius 3 is 2.65 bits per heavy atom. The molecule has 5 heteroatoms. The summed E-state index contributed by atoms with van der Waals surface area (Å²) in [5.41, 5.74) is 0.469. The first-order valence-corrected chi connectivity index (χ1v) is 8.46. The number of hydrogen-bond acceptors (Lipinski definition) is 2. The number of halogens is 1. The molecule has 1 fully saturated rings. The monoisotopic (exact) mass is 336 g/mol. The number of likely N-dealkylation sites (tertiary alicyclic amines) is 1. The fourth-order valence-electron chi connectivity index (χ4n) is 2.91. The average Bonchev–Trinajstić information content (AvgIpc) is 2.49. The van der Waals surface area contributed by atoms with Crippen LogP contribution in [-0.2, 0) is 9.59 Å². The Bertz CT molecular complexity index is 613. The number of amides is 2. The summed E-state index contributed by atoms with van der Waals surface area (Å²) in [5, 5.41) is 3.49. The molecule has 2 amide bonds. The molecular formula is C18H25ClN2O2. The van der Waals surface area contributed by atoms with Crippen LogP contribution in [-0.4, -0.2) is 29.8 Å². The third kappa shape index (κ3) is 4.05. The number of rotatable bonds is 3. The number of hydrogen-bond donors (Lipinski definition) is 1. The Morgan fingerprint density at radius 1 is 1.35 bits per heavy atom. The van der Waals surface area contributed by atoms with Crippen LogP contribution in [0.25, 0.3) is 0 Å². The van der Waals surface area contributed by atoms with Crippen LogP contribution < -0.4 is 5.32 Å². The van der Waals surface area contributed by atoms with Gasteiger partial charge >= 0.3 is 0 Å². The Labute approximate surface area is 143 Å². The fraction of sp³-hybridized carbons (Fsp3) is 0.556. The van der Waals surface area contributed by atoms with Gasteiger partial charge in [0.1, 0.15) is 5.41 Å². The molecule has 1 aromatic carbocycles. The lowest BCUT2D eigenvalue weighted by atomic mass is 9.88. The normalized spacial score (nSPS) is 18.7. The van der Waals surface area contributed by atoms with E-state index in [4.69, 9.17) is 11.6 Å². The van der Waals surface area contributed by atoms with Gasteiger partial charge in [0, 0.05) is 23.8 Å². The smallest absolute Gasteiger partial charge is 0.239 e. The molecule has 0 saturated carbocycles. The van der Waals surface area contributed by atoms with E-state index in [0.29, 0.717) is 16.6 Å². The molecule has 1 unspecified atom stereocenters. The highest BCUT2D eigenvalue weighted by atomic mass is 35.5. The Hall–Kier alpha value is -1.55. The first-order valence-electron chi connectivity index (χ1n) is 8.09. The molecule has 4 nitrogen and oxygen atoms in total. The minimum absolute atomic E-state index is 0.104. The van der Waals surface area contributed by atoms with Gasteiger partial charge in [0.15, 0.2) is 0 Å². The van der Waals surface area contributed by atoms with Crippen molar-refractivity contribution < 1.29 is 9.59 Å². The van der Waals surface area contributed by atoms with Crippen LogP contribution in [0.5, 0.6) is 0 Å². The van der Waals surface area contributed by atoms with Crippen LogP contribution in [0, 0.1) is 18.3 Å². The summed E-state index contributed by atoms with van der Waals surface area (Å²) < 4.78 is 0. The lowest BCUT2D eigenvalue weighted by Crippen LogP contribution is -2.50. The van der Waals surface area contributed by atoms with Crippen molar-refractivity contribution in [3.05, 3.63) is 28.8 Å². The minimum Gasteiger partial charge on any atom is -0.342 e. The summed E-state index contributed by atoms with van der Waals surface area (Å²) >= 11 is 5.94. The highest BCUT2D eigenvalue weighted by molar-refractivity contribution is 6.30. The molecule has 0 aliphatic carbocycles. The molecule has 0 spiro atoms.